The number of guanidine groups is 1. The molecule has 4 nitrogen and oxygen atoms in total. The second-order valence-electron chi connectivity index (χ2n) is 5.80. The highest BCUT2D eigenvalue weighted by Gasteiger charge is 2.00. The van der Waals surface area contributed by atoms with Gasteiger partial charge in [-0.3, -0.25) is 4.99 Å². The molecule has 1 aromatic heterocycles. The highest BCUT2D eigenvalue weighted by Crippen LogP contribution is 2.11. The van der Waals surface area contributed by atoms with Crippen LogP contribution in [0.2, 0.25) is 0 Å². The zero-order valence-electron chi connectivity index (χ0n) is 14.3. The summed E-state index contributed by atoms with van der Waals surface area (Å²) in [6.07, 6.45) is 5.86. The first kappa shape index (κ1) is 21.6. The molecule has 0 saturated heterocycles. The Morgan fingerprint density at radius 1 is 1.23 bits per heavy atom. The van der Waals surface area contributed by atoms with Crippen molar-refractivity contribution in [3.05, 3.63) is 16.1 Å². The normalized spacial score (nSPS) is 11.4. The van der Waals surface area contributed by atoms with Gasteiger partial charge in [0, 0.05) is 31.2 Å². The van der Waals surface area contributed by atoms with Crippen LogP contribution in [0, 0.1) is 12.8 Å². The molecule has 0 aliphatic carbocycles. The van der Waals surface area contributed by atoms with Crippen molar-refractivity contribution >= 4 is 41.3 Å². The minimum absolute atomic E-state index is 0. The molecule has 0 radical (unpaired) electrons. The van der Waals surface area contributed by atoms with E-state index in [0.29, 0.717) is 0 Å². The number of aryl methyl sites for hydroxylation is 2. The molecule has 1 heterocycles. The van der Waals surface area contributed by atoms with Crippen molar-refractivity contribution < 1.29 is 0 Å². The number of halogens is 1. The summed E-state index contributed by atoms with van der Waals surface area (Å²) in [5, 5.41) is 10.1. The molecule has 0 unspecified atom stereocenters. The van der Waals surface area contributed by atoms with E-state index >= 15 is 0 Å². The topological polar surface area (TPSA) is 49.3 Å². The molecule has 0 amide bonds. The molecule has 22 heavy (non-hydrogen) atoms. The largest absolute Gasteiger partial charge is 0.356 e. The van der Waals surface area contributed by atoms with Gasteiger partial charge in [-0.1, -0.05) is 13.8 Å². The molecule has 128 valence electrons. The quantitative estimate of drug-likeness (QED) is 0.265. The van der Waals surface area contributed by atoms with E-state index in [1.807, 2.05) is 7.05 Å². The second kappa shape index (κ2) is 13.1. The highest BCUT2D eigenvalue weighted by atomic mass is 127. The van der Waals surface area contributed by atoms with Gasteiger partial charge in [0.1, 0.15) is 0 Å². The van der Waals surface area contributed by atoms with Crippen LogP contribution in [0.3, 0.4) is 0 Å². The Kier molecular flexibility index (Phi) is 12.9. The van der Waals surface area contributed by atoms with E-state index in [1.165, 1.54) is 24.3 Å². The fourth-order valence-electron chi connectivity index (χ4n) is 2.06. The first-order valence-corrected chi connectivity index (χ1v) is 8.85. The van der Waals surface area contributed by atoms with Crippen molar-refractivity contribution in [1.29, 1.82) is 0 Å². The summed E-state index contributed by atoms with van der Waals surface area (Å²) >= 11 is 1.77. The van der Waals surface area contributed by atoms with Crippen molar-refractivity contribution in [3.63, 3.8) is 0 Å². The van der Waals surface area contributed by atoms with Crippen molar-refractivity contribution in [1.82, 2.24) is 15.6 Å². The number of unbranched alkanes of at least 4 members (excludes halogenated alkanes) is 1. The Morgan fingerprint density at radius 3 is 2.45 bits per heavy atom. The second-order valence-corrected chi connectivity index (χ2v) is 6.74. The molecule has 0 aliphatic heterocycles. The van der Waals surface area contributed by atoms with Crippen LogP contribution in [0.25, 0.3) is 0 Å². The smallest absolute Gasteiger partial charge is 0.190 e. The fourth-order valence-corrected chi connectivity index (χ4v) is 2.88. The van der Waals surface area contributed by atoms with Crippen LogP contribution in [0.4, 0.5) is 0 Å². The van der Waals surface area contributed by atoms with Crippen molar-refractivity contribution in [3.8, 4) is 0 Å². The van der Waals surface area contributed by atoms with Crippen LogP contribution >= 0.6 is 35.3 Å². The lowest BCUT2D eigenvalue weighted by Gasteiger charge is -2.12. The van der Waals surface area contributed by atoms with Crippen LogP contribution < -0.4 is 10.6 Å². The van der Waals surface area contributed by atoms with Gasteiger partial charge in [0.05, 0.1) is 5.01 Å². The zero-order chi connectivity index (χ0) is 15.5. The summed E-state index contributed by atoms with van der Waals surface area (Å²) in [7, 11) is 1.83. The number of thiazole rings is 1. The highest BCUT2D eigenvalue weighted by molar-refractivity contribution is 14.0. The molecular formula is C16H31IN4S. The first-order valence-electron chi connectivity index (χ1n) is 7.97. The van der Waals surface area contributed by atoms with Crippen molar-refractivity contribution in [2.75, 3.05) is 20.1 Å². The summed E-state index contributed by atoms with van der Waals surface area (Å²) in [6.45, 7) is 8.54. The lowest BCUT2D eigenvalue weighted by Crippen LogP contribution is -2.38. The molecule has 0 spiro atoms. The maximum Gasteiger partial charge on any atom is 0.190 e. The predicted molar refractivity (Wildman–Crippen MR) is 109 cm³/mol. The first-order chi connectivity index (χ1) is 10.1. The van der Waals surface area contributed by atoms with E-state index in [1.54, 1.807) is 11.3 Å². The Morgan fingerprint density at radius 2 is 1.91 bits per heavy atom. The maximum atomic E-state index is 4.49. The van der Waals surface area contributed by atoms with E-state index in [9.17, 15) is 0 Å². The molecule has 2 N–H and O–H groups in total. The number of aromatic nitrogens is 1. The molecule has 0 fully saturated rings. The third-order valence-corrected chi connectivity index (χ3v) is 4.28. The van der Waals surface area contributed by atoms with E-state index < -0.39 is 0 Å². The predicted octanol–water partition coefficient (Wildman–Crippen LogP) is 3.99. The third kappa shape index (κ3) is 10.4. The van der Waals surface area contributed by atoms with E-state index in [0.717, 1.165) is 43.5 Å². The lowest BCUT2D eigenvalue weighted by molar-refractivity contribution is 0.549. The number of aliphatic imine (C=N–C) groups is 1. The SMILES string of the molecule is CN=C(NCCCCc1nc(C)cs1)NCCCC(C)C.I. The van der Waals surface area contributed by atoms with Gasteiger partial charge in [0.2, 0.25) is 0 Å². The Hall–Kier alpha value is -0.370. The van der Waals surface area contributed by atoms with Gasteiger partial charge in [-0.15, -0.1) is 35.3 Å². The number of nitrogens with one attached hydrogen (secondary N) is 2. The van der Waals surface area contributed by atoms with Crippen molar-refractivity contribution in [2.45, 2.75) is 52.9 Å². The third-order valence-electron chi connectivity index (χ3n) is 3.25. The molecule has 0 saturated carbocycles. The van der Waals surface area contributed by atoms with Gasteiger partial charge < -0.3 is 10.6 Å². The average molecular weight is 438 g/mol. The van der Waals surface area contributed by atoms with E-state index in [-0.39, 0.29) is 24.0 Å². The molecule has 0 atom stereocenters. The van der Waals surface area contributed by atoms with Gasteiger partial charge in [-0.05, 0) is 44.9 Å². The number of rotatable bonds is 9. The zero-order valence-corrected chi connectivity index (χ0v) is 17.5. The van der Waals surface area contributed by atoms with Crippen LogP contribution in [0.5, 0.6) is 0 Å². The van der Waals surface area contributed by atoms with Crippen LogP contribution in [0.15, 0.2) is 10.4 Å². The molecule has 1 aromatic rings. The summed E-state index contributed by atoms with van der Waals surface area (Å²) in [5.41, 5.74) is 1.14. The Balaban J connectivity index is 0.00000441. The summed E-state index contributed by atoms with van der Waals surface area (Å²) < 4.78 is 0. The molecule has 0 aliphatic rings. The number of nitrogens with zero attached hydrogens (tertiary/aromatic N) is 2. The maximum absolute atomic E-state index is 4.49. The van der Waals surface area contributed by atoms with Gasteiger partial charge in [0.15, 0.2) is 5.96 Å². The minimum atomic E-state index is 0. The minimum Gasteiger partial charge on any atom is -0.356 e. The van der Waals surface area contributed by atoms with E-state index in [4.69, 9.17) is 0 Å². The average Bonchev–Trinajstić information content (AvgIpc) is 2.86. The standard InChI is InChI=1S/C16H30N4S.HI/c1-13(2)8-7-11-19-16(17-4)18-10-6-5-9-15-20-14(3)12-21-15;/h12-13H,5-11H2,1-4H3,(H2,17,18,19);1H. The molecule has 0 bridgehead atoms. The molecule has 6 heteroatoms. The molecule has 0 aromatic carbocycles. The molecule has 1 rings (SSSR count). The Labute approximate surface area is 156 Å². The summed E-state index contributed by atoms with van der Waals surface area (Å²) in [4.78, 5) is 8.73. The number of hydrogen-bond donors (Lipinski definition) is 2. The van der Waals surface area contributed by atoms with Crippen molar-refractivity contribution in [2.24, 2.45) is 10.9 Å². The monoisotopic (exact) mass is 438 g/mol. The van der Waals surface area contributed by atoms with Gasteiger partial charge >= 0.3 is 0 Å². The van der Waals surface area contributed by atoms with E-state index in [2.05, 4.69) is 46.8 Å². The lowest BCUT2D eigenvalue weighted by atomic mass is 10.1. The fraction of sp³-hybridized carbons (Fsp3) is 0.750. The number of hydrogen-bond acceptors (Lipinski definition) is 3. The van der Waals surface area contributed by atoms with Crippen LogP contribution in [-0.2, 0) is 6.42 Å². The molecular weight excluding hydrogens is 407 g/mol. The van der Waals surface area contributed by atoms with Gasteiger partial charge in [-0.25, -0.2) is 4.98 Å². The van der Waals surface area contributed by atoms with Gasteiger partial charge in [0.25, 0.3) is 0 Å². The van der Waals surface area contributed by atoms with Crippen LogP contribution in [-0.4, -0.2) is 31.1 Å². The Bertz CT molecular complexity index is 418. The summed E-state index contributed by atoms with van der Waals surface area (Å²) in [6, 6.07) is 0. The van der Waals surface area contributed by atoms with Gasteiger partial charge in [-0.2, -0.15) is 0 Å². The summed E-state index contributed by atoms with van der Waals surface area (Å²) in [5.74, 6) is 1.69. The van der Waals surface area contributed by atoms with Crippen LogP contribution in [0.1, 0.15) is 50.2 Å².